The summed E-state index contributed by atoms with van der Waals surface area (Å²) in [4.78, 5) is 13.6. The summed E-state index contributed by atoms with van der Waals surface area (Å²) in [7, 11) is 0. The van der Waals surface area contributed by atoms with Crippen LogP contribution in [0.4, 0.5) is 0 Å². The van der Waals surface area contributed by atoms with Crippen LogP contribution < -0.4 is 5.32 Å². The minimum absolute atomic E-state index is 0.103. The molecule has 5 heteroatoms. The lowest BCUT2D eigenvalue weighted by atomic mass is 10.2. The summed E-state index contributed by atoms with van der Waals surface area (Å²) >= 11 is 5.82. The fraction of sp³-hybridized carbons (Fsp3) is 0.500. The molecule has 0 aliphatic rings. The fourth-order valence-corrected chi connectivity index (χ4v) is 2.05. The highest BCUT2D eigenvalue weighted by Crippen LogP contribution is 2.26. The molecule has 0 spiro atoms. The summed E-state index contributed by atoms with van der Waals surface area (Å²) in [5, 5.41) is 13.2. The van der Waals surface area contributed by atoms with Crippen LogP contribution in [0, 0.1) is 0 Å². The molecule has 0 saturated heterocycles. The molecule has 1 aromatic rings. The smallest absolute Gasteiger partial charge is 0.223 e. The molecule has 0 atom stereocenters. The molecule has 1 aromatic carbocycles. The molecule has 106 valence electrons. The molecule has 19 heavy (non-hydrogen) atoms. The lowest BCUT2D eigenvalue weighted by Gasteiger charge is -2.18. The van der Waals surface area contributed by atoms with Crippen molar-refractivity contribution in [3.63, 3.8) is 0 Å². The third-order valence-corrected chi connectivity index (χ3v) is 3.32. The normalized spacial score (nSPS) is 10.5. The first-order chi connectivity index (χ1) is 9.10. The van der Waals surface area contributed by atoms with Gasteiger partial charge in [-0.3, -0.25) is 4.79 Å². The number of hydrogen-bond acceptors (Lipinski definition) is 3. The van der Waals surface area contributed by atoms with Gasteiger partial charge in [-0.05, 0) is 19.9 Å². The van der Waals surface area contributed by atoms with Crippen LogP contribution in [-0.2, 0) is 11.3 Å². The molecule has 0 aliphatic carbocycles. The predicted octanol–water partition coefficient (Wildman–Crippen LogP) is 2.39. The van der Waals surface area contributed by atoms with Crippen LogP contribution >= 0.6 is 11.6 Å². The van der Waals surface area contributed by atoms with Crippen molar-refractivity contribution in [2.45, 2.75) is 26.8 Å². The molecule has 0 heterocycles. The zero-order valence-electron chi connectivity index (χ0n) is 11.4. The number of rotatable bonds is 7. The average Bonchev–Trinajstić information content (AvgIpc) is 2.40. The van der Waals surface area contributed by atoms with Crippen LogP contribution in [0.3, 0.4) is 0 Å². The number of aromatic hydroxyl groups is 1. The standard InChI is InChI=1S/C14H21ClN2O2/c1-3-17(4-2)13(18)8-9-16-10-11-6-5-7-12(15)14(11)19/h5-7,16,19H,3-4,8-10H2,1-2H3. The van der Waals surface area contributed by atoms with Gasteiger partial charge in [0, 0.05) is 38.2 Å². The lowest BCUT2D eigenvalue weighted by molar-refractivity contribution is -0.130. The van der Waals surface area contributed by atoms with E-state index in [0.717, 1.165) is 18.7 Å². The number of carbonyl (C=O) groups excluding carboxylic acids is 1. The van der Waals surface area contributed by atoms with Crippen molar-refractivity contribution in [1.82, 2.24) is 10.2 Å². The van der Waals surface area contributed by atoms with Gasteiger partial charge >= 0.3 is 0 Å². The number of para-hydroxylation sites is 1. The molecule has 0 unspecified atom stereocenters. The number of carbonyl (C=O) groups is 1. The SMILES string of the molecule is CCN(CC)C(=O)CCNCc1cccc(Cl)c1O. The third-order valence-electron chi connectivity index (χ3n) is 3.02. The molecule has 0 saturated carbocycles. The first-order valence-electron chi connectivity index (χ1n) is 6.55. The fourth-order valence-electron chi connectivity index (χ4n) is 1.86. The van der Waals surface area contributed by atoms with Crippen LogP contribution in [0.15, 0.2) is 18.2 Å². The highest BCUT2D eigenvalue weighted by molar-refractivity contribution is 6.32. The van der Waals surface area contributed by atoms with Crippen LogP contribution in [0.2, 0.25) is 5.02 Å². The van der Waals surface area contributed by atoms with E-state index in [1.54, 1.807) is 23.1 Å². The minimum atomic E-state index is 0.103. The van der Waals surface area contributed by atoms with Gasteiger partial charge in [0.25, 0.3) is 0 Å². The second kappa shape index (κ2) is 8.02. The Balaban J connectivity index is 2.35. The molecular weight excluding hydrogens is 264 g/mol. The summed E-state index contributed by atoms with van der Waals surface area (Å²) in [5.74, 6) is 0.250. The number of halogens is 1. The zero-order chi connectivity index (χ0) is 14.3. The van der Waals surface area contributed by atoms with Gasteiger partial charge in [-0.1, -0.05) is 23.7 Å². The zero-order valence-corrected chi connectivity index (χ0v) is 12.2. The lowest BCUT2D eigenvalue weighted by Crippen LogP contribution is -2.32. The second-order valence-electron chi connectivity index (χ2n) is 4.24. The maximum Gasteiger partial charge on any atom is 0.223 e. The highest BCUT2D eigenvalue weighted by Gasteiger charge is 2.09. The monoisotopic (exact) mass is 284 g/mol. The van der Waals surface area contributed by atoms with Crippen molar-refractivity contribution in [3.8, 4) is 5.75 Å². The topological polar surface area (TPSA) is 52.6 Å². The first-order valence-corrected chi connectivity index (χ1v) is 6.92. The Morgan fingerprint density at radius 1 is 1.37 bits per heavy atom. The van der Waals surface area contributed by atoms with Crippen LogP contribution in [0.25, 0.3) is 0 Å². The van der Waals surface area contributed by atoms with Gasteiger partial charge in [0.1, 0.15) is 5.75 Å². The molecule has 0 fully saturated rings. The van der Waals surface area contributed by atoms with Gasteiger partial charge in [0.15, 0.2) is 0 Å². The van der Waals surface area contributed by atoms with E-state index >= 15 is 0 Å². The van der Waals surface area contributed by atoms with Crippen molar-refractivity contribution < 1.29 is 9.90 Å². The van der Waals surface area contributed by atoms with Crippen molar-refractivity contribution in [2.75, 3.05) is 19.6 Å². The molecule has 1 amide bonds. The molecular formula is C14H21ClN2O2. The van der Waals surface area contributed by atoms with E-state index < -0.39 is 0 Å². The van der Waals surface area contributed by atoms with Crippen LogP contribution in [-0.4, -0.2) is 35.5 Å². The number of nitrogens with one attached hydrogen (secondary N) is 1. The number of benzene rings is 1. The predicted molar refractivity (Wildman–Crippen MR) is 77.4 cm³/mol. The minimum Gasteiger partial charge on any atom is -0.506 e. The highest BCUT2D eigenvalue weighted by atomic mass is 35.5. The van der Waals surface area contributed by atoms with E-state index in [-0.39, 0.29) is 11.7 Å². The van der Waals surface area contributed by atoms with Gasteiger partial charge in [-0.25, -0.2) is 0 Å². The number of nitrogens with zero attached hydrogens (tertiary/aromatic N) is 1. The van der Waals surface area contributed by atoms with E-state index in [1.165, 1.54) is 0 Å². The molecule has 0 aliphatic heterocycles. The van der Waals surface area contributed by atoms with Gasteiger partial charge in [-0.2, -0.15) is 0 Å². The van der Waals surface area contributed by atoms with Gasteiger partial charge < -0.3 is 15.3 Å². The Bertz CT molecular complexity index is 420. The third kappa shape index (κ3) is 4.73. The Morgan fingerprint density at radius 3 is 2.68 bits per heavy atom. The average molecular weight is 285 g/mol. The Morgan fingerprint density at radius 2 is 2.05 bits per heavy atom. The molecule has 0 radical (unpaired) electrons. The number of phenolic OH excluding ortho intramolecular Hbond substituents is 1. The Hall–Kier alpha value is -1.26. The van der Waals surface area contributed by atoms with Crippen LogP contribution in [0.5, 0.6) is 5.75 Å². The molecule has 4 nitrogen and oxygen atoms in total. The molecule has 1 rings (SSSR count). The summed E-state index contributed by atoms with van der Waals surface area (Å²) < 4.78 is 0. The van der Waals surface area contributed by atoms with E-state index in [0.29, 0.717) is 24.5 Å². The largest absolute Gasteiger partial charge is 0.506 e. The van der Waals surface area contributed by atoms with E-state index in [9.17, 15) is 9.90 Å². The summed E-state index contributed by atoms with van der Waals surface area (Å²) in [6, 6.07) is 5.24. The quantitative estimate of drug-likeness (QED) is 0.756. The van der Waals surface area contributed by atoms with E-state index in [2.05, 4.69) is 5.32 Å². The van der Waals surface area contributed by atoms with Crippen molar-refractivity contribution in [3.05, 3.63) is 28.8 Å². The van der Waals surface area contributed by atoms with Gasteiger partial charge in [0.2, 0.25) is 5.91 Å². The van der Waals surface area contributed by atoms with Crippen molar-refractivity contribution in [2.24, 2.45) is 0 Å². The maximum atomic E-state index is 11.8. The molecule has 2 N–H and O–H groups in total. The maximum absolute atomic E-state index is 11.8. The summed E-state index contributed by atoms with van der Waals surface area (Å²) in [5.41, 5.74) is 0.739. The number of phenols is 1. The number of amides is 1. The van der Waals surface area contributed by atoms with Gasteiger partial charge in [0.05, 0.1) is 5.02 Å². The van der Waals surface area contributed by atoms with Crippen molar-refractivity contribution in [1.29, 1.82) is 0 Å². The van der Waals surface area contributed by atoms with E-state index in [1.807, 2.05) is 13.8 Å². The summed E-state index contributed by atoms with van der Waals surface area (Å²) in [6.45, 7) is 6.51. The summed E-state index contributed by atoms with van der Waals surface area (Å²) in [6.07, 6.45) is 0.461. The molecule has 0 aromatic heterocycles. The van der Waals surface area contributed by atoms with Crippen LogP contribution in [0.1, 0.15) is 25.8 Å². The van der Waals surface area contributed by atoms with Gasteiger partial charge in [-0.15, -0.1) is 0 Å². The Kier molecular flexibility index (Phi) is 6.67. The number of hydrogen-bond donors (Lipinski definition) is 2. The first kappa shape index (κ1) is 15.8. The molecule has 0 bridgehead atoms. The van der Waals surface area contributed by atoms with E-state index in [4.69, 9.17) is 11.6 Å². The Labute approximate surface area is 119 Å². The van der Waals surface area contributed by atoms with Crippen molar-refractivity contribution >= 4 is 17.5 Å². The second-order valence-corrected chi connectivity index (χ2v) is 4.65.